The van der Waals surface area contributed by atoms with E-state index in [1.165, 1.54) is 44.6 Å². The summed E-state index contributed by atoms with van der Waals surface area (Å²) in [6.07, 6.45) is -12.6. The lowest BCUT2D eigenvalue weighted by molar-refractivity contribution is -0.193. The van der Waals surface area contributed by atoms with Crippen LogP contribution in [0.25, 0.3) is 0 Å². The third-order valence-corrected chi connectivity index (χ3v) is 5.94. The predicted molar refractivity (Wildman–Crippen MR) is 127 cm³/mol. The number of likely N-dealkylation sites (tertiary alicyclic amines) is 2. The fourth-order valence-electron chi connectivity index (χ4n) is 3.89. The summed E-state index contributed by atoms with van der Waals surface area (Å²) in [6.45, 7) is 10.0. The average molecular weight is 634 g/mol. The second kappa shape index (κ2) is 16.0. The van der Waals surface area contributed by atoms with Crippen molar-refractivity contribution in [3.8, 4) is 0 Å². The fourth-order valence-corrected chi connectivity index (χ4v) is 3.89. The van der Waals surface area contributed by atoms with Gasteiger partial charge in [-0.05, 0) is 52.4 Å². The quantitative estimate of drug-likeness (QED) is 0.409. The zero-order valence-electron chi connectivity index (χ0n) is 22.9. The van der Waals surface area contributed by atoms with Gasteiger partial charge in [-0.1, -0.05) is 0 Å². The molecule has 0 aromatic carbocycles. The lowest BCUT2D eigenvalue weighted by atomic mass is 10.1. The molecule has 0 spiro atoms. The molecular formula is C23H32F9N3O7. The number of carbonyl (C=O) groups is 3. The van der Waals surface area contributed by atoms with Crippen LogP contribution in [0.4, 0.5) is 39.5 Å². The normalized spacial score (nSPS) is 19.1. The van der Waals surface area contributed by atoms with Crippen molar-refractivity contribution in [3.63, 3.8) is 0 Å². The number of aryl methyl sites for hydroxylation is 2. The number of rotatable bonds is 5. The Morgan fingerprint density at radius 3 is 1.48 bits per heavy atom. The van der Waals surface area contributed by atoms with Crippen molar-refractivity contribution >= 4 is 17.9 Å². The van der Waals surface area contributed by atoms with Crippen LogP contribution in [0.1, 0.15) is 29.9 Å². The van der Waals surface area contributed by atoms with Gasteiger partial charge >= 0.3 is 36.4 Å². The maximum Gasteiger partial charge on any atom is 0.490 e. The SMILES string of the molecule is Cc1cc(CN2CC[C@H]3[C@H]2CCN3CCN(C)C)oc1C.O=C(O)C(F)(F)F.O=C(O)C(F)(F)F.O=C(O)C(F)(F)F. The summed E-state index contributed by atoms with van der Waals surface area (Å²) < 4.78 is 101. The maximum absolute atomic E-state index is 10.6. The van der Waals surface area contributed by atoms with Gasteiger partial charge in [0.1, 0.15) is 11.5 Å². The minimum Gasteiger partial charge on any atom is -0.475 e. The Hall–Kier alpha value is -3.06. The Balaban J connectivity index is 0.000000660. The molecule has 244 valence electrons. The third-order valence-electron chi connectivity index (χ3n) is 5.94. The number of nitrogens with zero attached hydrogens (tertiary/aromatic N) is 3. The van der Waals surface area contributed by atoms with Gasteiger partial charge in [-0.3, -0.25) is 9.80 Å². The summed E-state index contributed by atoms with van der Waals surface area (Å²) in [5.41, 5.74) is 1.28. The lowest BCUT2D eigenvalue weighted by Crippen LogP contribution is -2.39. The molecule has 3 rings (SSSR count). The Morgan fingerprint density at radius 2 is 1.17 bits per heavy atom. The molecule has 2 aliphatic heterocycles. The van der Waals surface area contributed by atoms with E-state index in [2.05, 4.69) is 48.7 Å². The van der Waals surface area contributed by atoms with E-state index < -0.39 is 36.4 Å². The Labute approximate surface area is 234 Å². The first-order valence-corrected chi connectivity index (χ1v) is 12.0. The van der Waals surface area contributed by atoms with E-state index in [0.717, 1.165) is 30.1 Å². The van der Waals surface area contributed by atoms with E-state index in [4.69, 9.17) is 34.1 Å². The van der Waals surface area contributed by atoms with Crippen LogP contribution >= 0.6 is 0 Å². The average Bonchev–Trinajstić information content (AvgIpc) is 3.48. The molecule has 0 aliphatic carbocycles. The van der Waals surface area contributed by atoms with Gasteiger partial charge in [0, 0.05) is 38.3 Å². The van der Waals surface area contributed by atoms with Gasteiger partial charge < -0.3 is 24.6 Å². The van der Waals surface area contributed by atoms with Crippen LogP contribution < -0.4 is 0 Å². The van der Waals surface area contributed by atoms with Crippen molar-refractivity contribution in [2.45, 2.75) is 63.8 Å². The van der Waals surface area contributed by atoms with E-state index in [0.29, 0.717) is 0 Å². The van der Waals surface area contributed by atoms with Crippen molar-refractivity contribution < 1.29 is 73.6 Å². The number of aliphatic carboxylic acids is 3. The molecule has 19 heteroatoms. The van der Waals surface area contributed by atoms with Crippen LogP contribution in [0, 0.1) is 13.8 Å². The van der Waals surface area contributed by atoms with E-state index >= 15 is 0 Å². The number of fused-ring (bicyclic) bond motifs is 1. The highest BCUT2D eigenvalue weighted by Gasteiger charge is 2.42. The minimum atomic E-state index is -5.08. The fraction of sp³-hybridized carbons (Fsp3) is 0.696. The van der Waals surface area contributed by atoms with Crippen molar-refractivity contribution in [2.24, 2.45) is 0 Å². The third kappa shape index (κ3) is 14.2. The highest BCUT2D eigenvalue weighted by atomic mass is 19.4. The van der Waals surface area contributed by atoms with Gasteiger partial charge in [0.15, 0.2) is 0 Å². The molecule has 2 saturated heterocycles. The number of hydrogen-bond donors (Lipinski definition) is 3. The molecule has 0 unspecified atom stereocenters. The molecule has 3 N–H and O–H groups in total. The summed E-state index contributed by atoms with van der Waals surface area (Å²) in [7, 11) is 4.33. The Morgan fingerprint density at radius 1 is 0.810 bits per heavy atom. The number of carboxylic acids is 3. The zero-order chi connectivity index (χ0) is 33.2. The van der Waals surface area contributed by atoms with Crippen LogP contribution in [0.5, 0.6) is 0 Å². The summed E-state index contributed by atoms with van der Waals surface area (Å²) in [6, 6.07) is 3.71. The number of carboxylic acid groups (broad SMARTS) is 3. The number of likely N-dealkylation sites (N-methyl/N-ethyl adjacent to an activating group) is 1. The summed E-state index contributed by atoms with van der Waals surface area (Å²) in [4.78, 5) is 34.3. The molecule has 42 heavy (non-hydrogen) atoms. The van der Waals surface area contributed by atoms with Gasteiger partial charge in [-0.2, -0.15) is 39.5 Å². The first kappa shape index (κ1) is 38.9. The monoisotopic (exact) mass is 633 g/mol. The highest BCUT2D eigenvalue weighted by Crippen LogP contribution is 2.32. The number of furan rings is 1. The molecule has 3 heterocycles. The molecule has 1 aromatic rings. The first-order chi connectivity index (χ1) is 18.9. The largest absolute Gasteiger partial charge is 0.490 e. The lowest BCUT2D eigenvalue weighted by Gasteiger charge is -2.26. The summed E-state index contributed by atoms with van der Waals surface area (Å²) in [5, 5.41) is 21.4. The molecular weight excluding hydrogens is 601 g/mol. The van der Waals surface area contributed by atoms with Crippen molar-refractivity contribution in [3.05, 3.63) is 23.2 Å². The van der Waals surface area contributed by atoms with Crippen LogP contribution in [0.15, 0.2) is 10.5 Å². The standard InChI is InChI=1S/C17H29N3O.3C2HF3O2/c1-13-11-15(21-14(13)2)12-20-8-6-16-17(20)5-7-19(16)10-9-18(3)4;3*3-2(4,5)1(6)7/h11,16-17H,5-10,12H2,1-4H3;3*(H,6,7)/t16-,17+;;;/m0.../s1. The minimum absolute atomic E-state index is 0.734. The van der Waals surface area contributed by atoms with E-state index in [1.807, 2.05) is 0 Å². The van der Waals surface area contributed by atoms with Crippen LogP contribution in [0.2, 0.25) is 0 Å². The topological polar surface area (TPSA) is 135 Å². The molecule has 10 nitrogen and oxygen atoms in total. The molecule has 2 fully saturated rings. The predicted octanol–water partition coefficient (Wildman–Crippen LogP) is 4.01. The number of hydrogen-bond acceptors (Lipinski definition) is 7. The molecule has 0 bridgehead atoms. The van der Waals surface area contributed by atoms with Crippen molar-refractivity contribution in [1.82, 2.24) is 14.7 Å². The second-order valence-corrected chi connectivity index (χ2v) is 9.38. The van der Waals surface area contributed by atoms with Gasteiger partial charge in [0.25, 0.3) is 0 Å². The van der Waals surface area contributed by atoms with Crippen molar-refractivity contribution in [2.75, 3.05) is 40.3 Å². The van der Waals surface area contributed by atoms with Crippen LogP contribution in [-0.2, 0) is 20.9 Å². The van der Waals surface area contributed by atoms with Gasteiger partial charge in [0.2, 0.25) is 0 Å². The number of halogens is 9. The van der Waals surface area contributed by atoms with Gasteiger partial charge in [0.05, 0.1) is 6.54 Å². The molecule has 0 amide bonds. The van der Waals surface area contributed by atoms with Crippen LogP contribution in [0.3, 0.4) is 0 Å². The second-order valence-electron chi connectivity index (χ2n) is 9.38. The Kier molecular flexibility index (Phi) is 14.8. The molecule has 2 aliphatic rings. The number of alkyl halides is 9. The summed E-state index contributed by atoms with van der Waals surface area (Å²) >= 11 is 0. The first-order valence-electron chi connectivity index (χ1n) is 12.0. The Bertz CT molecular complexity index is 948. The molecule has 0 radical (unpaired) electrons. The smallest absolute Gasteiger partial charge is 0.475 e. The van der Waals surface area contributed by atoms with Crippen molar-refractivity contribution in [1.29, 1.82) is 0 Å². The van der Waals surface area contributed by atoms with Crippen LogP contribution in [-0.4, -0.2) is 119 Å². The highest BCUT2D eigenvalue weighted by molar-refractivity contribution is 5.73. The molecule has 1 aromatic heterocycles. The van der Waals surface area contributed by atoms with E-state index in [1.54, 1.807) is 0 Å². The van der Waals surface area contributed by atoms with E-state index in [-0.39, 0.29) is 0 Å². The molecule has 2 atom stereocenters. The summed E-state index contributed by atoms with van der Waals surface area (Å²) in [5.74, 6) is -6.07. The molecule has 0 saturated carbocycles. The maximum atomic E-state index is 10.6. The van der Waals surface area contributed by atoms with Gasteiger partial charge in [-0.15, -0.1) is 0 Å². The zero-order valence-corrected chi connectivity index (χ0v) is 22.9. The van der Waals surface area contributed by atoms with Gasteiger partial charge in [-0.25, -0.2) is 14.4 Å². The van der Waals surface area contributed by atoms with E-state index in [9.17, 15) is 39.5 Å².